The molecule has 1 amide bonds. The fourth-order valence-electron chi connectivity index (χ4n) is 2.48. The van der Waals surface area contributed by atoms with Crippen molar-refractivity contribution in [2.45, 2.75) is 20.3 Å². The summed E-state index contributed by atoms with van der Waals surface area (Å²) >= 11 is 0. The molecule has 5 nitrogen and oxygen atoms in total. The van der Waals surface area contributed by atoms with Gasteiger partial charge in [0.15, 0.2) is 0 Å². The molecule has 0 bridgehead atoms. The van der Waals surface area contributed by atoms with Gasteiger partial charge in [0.25, 0.3) is 5.91 Å². The lowest BCUT2D eigenvalue weighted by atomic mass is 10.1. The quantitative estimate of drug-likeness (QED) is 0.697. The van der Waals surface area contributed by atoms with Gasteiger partial charge >= 0.3 is 0 Å². The number of aromatic nitrogens is 2. The molecular weight excluding hydrogens is 324 g/mol. The number of rotatable bonds is 6. The Balaban J connectivity index is 1.72. The highest BCUT2D eigenvalue weighted by atomic mass is 16.1. The Morgan fingerprint density at radius 1 is 1.00 bits per heavy atom. The van der Waals surface area contributed by atoms with Gasteiger partial charge in [0.1, 0.15) is 0 Å². The van der Waals surface area contributed by atoms with Crippen LogP contribution in [0.4, 0.5) is 11.6 Å². The highest BCUT2D eigenvalue weighted by molar-refractivity contribution is 5.94. The number of amides is 1. The number of benzene rings is 2. The molecule has 0 radical (unpaired) electrons. The van der Waals surface area contributed by atoms with E-state index in [-0.39, 0.29) is 5.91 Å². The molecule has 132 valence electrons. The smallest absolute Gasteiger partial charge is 0.251 e. The molecule has 0 aliphatic rings. The largest absolute Gasteiger partial charge is 0.352 e. The van der Waals surface area contributed by atoms with Crippen molar-refractivity contribution < 1.29 is 4.79 Å². The van der Waals surface area contributed by atoms with Gasteiger partial charge in [-0.05, 0) is 43.7 Å². The van der Waals surface area contributed by atoms with E-state index in [2.05, 4.69) is 39.7 Å². The zero-order valence-corrected chi connectivity index (χ0v) is 15.0. The monoisotopic (exact) mass is 346 g/mol. The minimum atomic E-state index is -0.0592. The summed E-state index contributed by atoms with van der Waals surface area (Å²) in [6, 6.07) is 17.4. The van der Waals surface area contributed by atoms with Crippen LogP contribution in [0.15, 0.2) is 60.8 Å². The Labute approximate surface area is 153 Å². The van der Waals surface area contributed by atoms with E-state index >= 15 is 0 Å². The van der Waals surface area contributed by atoms with Crippen LogP contribution in [0.2, 0.25) is 0 Å². The molecule has 1 heterocycles. The summed E-state index contributed by atoms with van der Waals surface area (Å²) in [5, 5.41) is 6.04. The lowest BCUT2D eigenvalue weighted by molar-refractivity contribution is 0.0953. The van der Waals surface area contributed by atoms with Crippen molar-refractivity contribution in [2.24, 2.45) is 0 Å². The van der Waals surface area contributed by atoms with Crippen LogP contribution in [0.25, 0.3) is 11.3 Å². The third kappa shape index (κ3) is 4.45. The maximum atomic E-state index is 11.9. The topological polar surface area (TPSA) is 66.9 Å². The predicted octanol–water partition coefficient (Wildman–Crippen LogP) is 4.34. The molecule has 0 atom stereocenters. The van der Waals surface area contributed by atoms with Crippen molar-refractivity contribution in [1.82, 2.24) is 15.3 Å². The van der Waals surface area contributed by atoms with Crippen LogP contribution in [0.3, 0.4) is 0 Å². The van der Waals surface area contributed by atoms with Gasteiger partial charge in [-0.25, -0.2) is 9.97 Å². The van der Waals surface area contributed by atoms with E-state index in [1.807, 2.05) is 37.3 Å². The standard InChI is InChI=1S/C21H22N4O/c1-3-13-22-20(26)17-8-10-18(11-9-17)24-21-23-14-12-19(25-21)16-6-4-15(2)5-7-16/h4-12,14H,3,13H2,1-2H3,(H,22,26)(H,23,24,25). The van der Waals surface area contributed by atoms with Gasteiger partial charge < -0.3 is 10.6 Å². The number of carbonyl (C=O) groups excluding carboxylic acids is 1. The number of anilines is 2. The number of aryl methyl sites for hydroxylation is 1. The van der Waals surface area contributed by atoms with Crippen molar-refractivity contribution in [2.75, 3.05) is 11.9 Å². The zero-order chi connectivity index (χ0) is 18.4. The minimum Gasteiger partial charge on any atom is -0.352 e. The summed E-state index contributed by atoms with van der Waals surface area (Å²) in [6.45, 7) is 4.76. The summed E-state index contributed by atoms with van der Waals surface area (Å²) in [4.78, 5) is 20.8. The zero-order valence-electron chi connectivity index (χ0n) is 15.0. The number of hydrogen-bond donors (Lipinski definition) is 2. The van der Waals surface area contributed by atoms with E-state index in [0.29, 0.717) is 18.1 Å². The predicted molar refractivity (Wildman–Crippen MR) is 105 cm³/mol. The first-order valence-electron chi connectivity index (χ1n) is 8.71. The molecular formula is C21H22N4O. The van der Waals surface area contributed by atoms with Gasteiger partial charge in [0, 0.05) is 29.6 Å². The van der Waals surface area contributed by atoms with E-state index in [9.17, 15) is 4.79 Å². The minimum absolute atomic E-state index is 0.0592. The molecule has 0 saturated carbocycles. The molecule has 3 rings (SSSR count). The fraction of sp³-hybridized carbons (Fsp3) is 0.190. The fourth-order valence-corrected chi connectivity index (χ4v) is 2.48. The molecule has 0 unspecified atom stereocenters. The van der Waals surface area contributed by atoms with Crippen LogP contribution in [-0.4, -0.2) is 22.4 Å². The Kier molecular flexibility index (Phi) is 5.59. The first-order chi connectivity index (χ1) is 12.7. The van der Waals surface area contributed by atoms with Crippen molar-refractivity contribution in [3.63, 3.8) is 0 Å². The number of nitrogens with one attached hydrogen (secondary N) is 2. The normalized spacial score (nSPS) is 10.4. The van der Waals surface area contributed by atoms with Crippen LogP contribution in [-0.2, 0) is 0 Å². The maximum absolute atomic E-state index is 11.9. The number of carbonyl (C=O) groups is 1. The molecule has 0 aliphatic heterocycles. The van der Waals surface area contributed by atoms with Crippen molar-refractivity contribution in [1.29, 1.82) is 0 Å². The SMILES string of the molecule is CCCNC(=O)c1ccc(Nc2nccc(-c3ccc(C)cc3)n2)cc1. The Hall–Kier alpha value is -3.21. The average Bonchev–Trinajstić information content (AvgIpc) is 2.67. The molecule has 26 heavy (non-hydrogen) atoms. The molecule has 2 aromatic carbocycles. The van der Waals surface area contributed by atoms with Crippen LogP contribution in [0, 0.1) is 6.92 Å². The van der Waals surface area contributed by atoms with Gasteiger partial charge in [0.05, 0.1) is 5.69 Å². The van der Waals surface area contributed by atoms with E-state index in [1.54, 1.807) is 18.3 Å². The molecule has 2 N–H and O–H groups in total. The van der Waals surface area contributed by atoms with Gasteiger partial charge in [0.2, 0.25) is 5.95 Å². The summed E-state index contributed by atoms with van der Waals surface area (Å²) in [5.74, 6) is 0.460. The Morgan fingerprint density at radius 3 is 2.42 bits per heavy atom. The summed E-state index contributed by atoms with van der Waals surface area (Å²) in [7, 11) is 0. The number of hydrogen-bond acceptors (Lipinski definition) is 4. The molecule has 1 aromatic heterocycles. The highest BCUT2D eigenvalue weighted by Gasteiger charge is 2.06. The van der Waals surface area contributed by atoms with E-state index in [1.165, 1.54) is 5.56 Å². The van der Waals surface area contributed by atoms with Crippen LogP contribution in [0.1, 0.15) is 29.3 Å². The summed E-state index contributed by atoms with van der Waals surface area (Å²) in [6.07, 6.45) is 2.65. The molecule has 0 aliphatic carbocycles. The second kappa shape index (κ2) is 8.25. The van der Waals surface area contributed by atoms with Crippen molar-refractivity contribution in [3.05, 3.63) is 71.9 Å². The van der Waals surface area contributed by atoms with E-state index in [4.69, 9.17) is 0 Å². The summed E-state index contributed by atoms with van der Waals surface area (Å²) < 4.78 is 0. The van der Waals surface area contributed by atoms with Crippen molar-refractivity contribution >= 4 is 17.5 Å². The lowest BCUT2D eigenvalue weighted by Crippen LogP contribution is -2.23. The van der Waals surface area contributed by atoms with Crippen LogP contribution in [0.5, 0.6) is 0 Å². The lowest BCUT2D eigenvalue weighted by Gasteiger charge is -2.08. The van der Waals surface area contributed by atoms with Gasteiger partial charge in [-0.15, -0.1) is 0 Å². The third-order valence-corrected chi connectivity index (χ3v) is 3.94. The second-order valence-corrected chi connectivity index (χ2v) is 6.09. The summed E-state index contributed by atoms with van der Waals surface area (Å²) in [5.41, 5.74) is 4.59. The third-order valence-electron chi connectivity index (χ3n) is 3.94. The number of nitrogens with zero attached hydrogens (tertiary/aromatic N) is 2. The van der Waals surface area contributed by atoms with E-state index in [0.717, 1.165) is 23.4 Å². The van der Waals surface area contributed by atoms with Gasteiger partial charge in [-0.3, -0.25) is 4.79 Å². The van der Waals surface area contributed by atoms with Gasteiger partial charge in [-0.1, -0.05) is 36.8 Å². The van der Waals surface area contributed by atoms with Crippen molar-refractivity contribution in [3.8, 4) is 11.3 Å². The first kappa shape index (κ1) is 17.6. The molecule has 0 fully saturated rings. The molecule has 3 aromatic rings. The average molecular weight is 346 g/mol. The van der Waals surface area contributed by atoms with Crippen LogP contribution < -0.4 is 10.6 Å². The molecule has 5 heteroatoms. The first-order valence-corrected chi connectivity index (χ1v) is 8.71. The van der Waals surface area contributed by atoms with Crippen LogP contribution >= 0.6 is 0 Å². The maximum Gasteiger partial charge on any atom is 0.251 e. The molecule has 0 spiro atoms. The molecule has 0 saturated heterocycles. The second-order valence-electron chi connectivity index (χ2n) is 6.09. The Morgan fingerprint density at radius 2 is 1.73 bits per heavy atom. The Bertz CT molecular complexity index is 873. The van der Waals surface area contributed by atoms with Gasteiger partial charge in [-0.2, -0.15) is 0 Å². The van der Waals surface area contributed by atoms with E-state index < -0.39 is 0 Å². The highest BCUT2D eigenvalue weighted by Crippen LogP contribution is 2.20.